The predicted molar refractivity (Wildman–Crippen MR) is 166 cm³/mol. The molecular formula is C31H37N5O9. The summed E-state index contributed by atoms with van der Waals surface area (Å²) in [6, 6.07) is 15.7. The van der Waals surface area contributed by atoms with Gasteiger partial charge in [-0.05, 0) is 30.3 Å². The molecule has 1 aromatic heterocycles. The average Bonchev–Trinajstić information content (AvgIpc) is 3.06. The van der Waals surface area contributed by atoms with Crippen molar-refractivity contribution < 1.29 is 43.7 Å². The number of rotatable bonds is 18. The SMILES string of the molecule is COc1ccc(Cc2nc(Nc3ccc(OC)cc3OCCO)nc(Nc3ccc(OC)cc3OCCO)n2)c(OCCO)c1. The van der Waals surface area contributed by atoms with Crippen molar-refractivity contribution in [3.8, 4) is 34.5 Å². The third kappa shape index (κ3) is 9.22. The molecular weight excluding hydrogens is 586 g/mol. The monoisotopic (exact) mass is 623 g/mol. The third-order valence-electron chi connectivity index (χ3n) is 6.22. The zero-order valence-electron chi connectivity index (χ0n) is 25.3. The van der Waals surface area contributed by atoms with Crippen LogP contribution < -0.4 is 39.1 Å². The number of aromatic nitrogens is 3. The molecule has 0 aliphatic heterocycles. The van der Waals surface area contributed by atoms with Gasteiger partial charge in [0.2, 0.25) is 11.9 Å². The van der Waals surface area contributed by atoms with E-state index in [0.717, 1.165) is 5.56 Å². The minimum absolute atomic E-state index is 0.0687. The molecule has 0 aliphatic rings. The molecule has 14 nitrogen and oxygen atoms in total. The third-order valence-corrected chi connectivity index (χ3v) is 6.22. The van der Waals surface area contributed by atoms with Crippen molar-refractivity contribution in [3.63, 3.8) is 0 Å². The minimum Gasteiger partial charge on any atom is -0.497 e. The molecule has 1 heterocycles. The first-order valence-electron chi connectivity index (χ1n) is 14.0. The minimum atomic E-state index is -0.175. The zero-order valence-corrected chi connectivity index (χ0v) is 25.3. The van der Waals surface area contributed by atoms with Gasteiger partial charge in [0, 0.05) is 30.2 Å². The molecule has 0 spiro atoms. The van der Waals surface area contributed by atoms with E-state index < -0.39 is 0 Å². The topological polar surface area (TPSA) is 179 Å². The fourth-order valence-electron chi connectivity index (χ4n) is 4.14. The van der Waals surface area contributed by atoms with Crippen molar-refractivity contribution in [2.24, 2.45) is 0 Å². The summed E-state index contributed by atoms with van der Waals surface area (Å²) in [5.41, 5.74) is 1.81. The maximum absolute atomic E-state index is 9.34. The smallest absolute Gasteiger partial charge is 0.232 e. The highest BCUT2D eigenvalue weighted by Crippen LogP contribution is 2.34. The number of nitrogens with zero attached hydrogens (tertiary/aromatic N) is 3. The Balaban J connectivity index is 1.75. The fourth-order valence-corrected chi connectivity index (χ4v) is 4.14. The Labute approximate surface area is 260 Å². The van der Waals surface area contributed by atoms with Crippen molar-refractivity contribution in [1.29, 1.82) is 0 Å². The van der Waals surface area contributed by atoms with Crippen LogP contribution in [-0.4, -0.2) is 91.2 Å². The molecule has 4 aromatic rings. The van der Waals surface area contributed by atoms with Crippen LogP contribution in [0, 0.1) is 0 Å². The zero-order chi connectivity index (χ0) is 32.0. The van der Waals surface area contributed by atoms with Gasteiger partial charge < -0.3 is 54.4 Å². The van der Waals surface area contributed by atoms with Crippen LogP contribution in [-0.2, 0) is 6.42 Å². The normalized spacial score (nSPS) is 10.6. The second kappa shape index (κ2) is 16.7. The van der Waals surface area contributed by atoms with E-state index in [-0.39, 0.29) is 58.0 Å². The van der Waals surface area contributed by atoms with Gasteiger partial charge in [0.25, 0.3) is 0 Å². The first-order valence-corrected chi connectivity index (χ1v) is 14.0. The number of hydrogen-bond donors (Lipinski definition) is 5. The molecule has 3 aromatic carbocycles. The molecule has 0 atom stereocenters. The van der Waals surface area contributed by atoms with E-state index in [1.807, 2.05) is 6.07 Å². The van der Waals surface area contributed by atoms with E-state index in [1.165, 1.54) is 0 Å². The largest absolute Gasteiger partial charge is 0.497 e. The van der Waals surface area contributed by atoms with Crippen LogP contribution in [0.4, 0.5) is 23.3 Å². The average molecular weight is 624 g/mol. The maximum Gasteiger partial charge on any atom is 0.232 e. The van der Waals surface area contributed by atoms with Crippen LogP contribution in [0.15, 0.2) is 54.6 Å². The number of nitrogens with one attached hydrogen (secondary N) is 2. The summed E-state index contributed by atoms with van der Waals surface area (Å²) in [6.45, 7) is -0.273. The van der Waals surface area contributed by atoms with E-state index in [2.05, 4.69) is 25.6 Å². The quantitative estimate of drug-likeness (QED) is 0.109. The van der Waals surface area contributed by atoms with Gasteiger partial charge >= 0.3 is 0 Å². The van der Waals surface area contributed by atoms with Gasteiger partial charge in [0.15, 0.2) is 0 Å². The van der Waals surface area contributed by atoms with E-state index >= 15 is 0 Å². The number of aliphatic hydroxyl groups excluding tert-OH is 3. The number of methoxy groups -OCH3 is 3. The van der Waals surface area contributed by atoms with Gasteiger partial charge in [-0.15, -0.1) is 0 Å². The number of ether oxygens (including phenoxy) is 6. The Morgan fingerprint density at radius 2 is 0.978 bits per heavy atom. The Morgan fingerprint density at radius 1 is 0.556 bits per heavy atom. The summed E-state index contributed by atoms with van der Waals surface area (Å²) < 4.78 is 33.2. The highest BCUT2D eigenvalue weighted by molar-refractivity contribution is 5.67. The maximum atomic E-state index is 9.34. The van der Waals surface area contributed by atoms with Gasteiger partial charge in [0.05, 0.1) is 52.5 Å². The first-order chi connectivity index (χ1) is 22.0. The van der Waals surface area contributed by atoms with E-state index in [4.69, 9.17) is 28.4 Å². The molecule has 0 unspecified atom stereocenters. The molecule has 4 rings (SSSR count). The van der Waals surface area contributed by atoms with Crippen molar-refractivity contribution >= 4 is 23.3 Å². The Bertz CT molecular complexity index is 1350. The molecule has 0 amide bonds. The van der Waals surface area contributed by atoms with Crippen molar-refractivity contribution in [3.05, 3.63) is 66.0 Å². The van der Waals surface area contributed by atoms with Gasteiger partial charge in [-0.1, -0.05) is 6.07 Å². The van der Waals surface area contributed by atoms with Gasteiger partial charge in [-0.2, -0.15) is 15.0 Å². The lowest BCUT2D eigenvalue weighted by atomic mass is 10.1. The van der Waals surface area contributed by atoms with Crippen LogP contribution in [0.3, 0.4) is 0 Å². The number of benzene rings is 3. The second-order valence-corrected chi connectivity index (χ2v) is 9.24. The molecule has 240 valence electrons. The number of anilines is 4. The van der Waals surface area contributed by atoms with Crippen molar-refractivity contribution in [1.82, 2.24) is 15.0 Å². The van der Waals surface area contributed by atoms with Crippen LogP contribution in [0.1, 0.15) is 11.4 Å². The standard InChI is InChI=1S/C31H37N5O9/c1-40-21-5-4-20(26(17-21)43-13-10-37)16-29-34-30(32-24-8-6-22(41-2)18-27(24)44-14-11-38)36-31(35-29)33-25-9-7-23(42-3)19-28(25)45-15-12-39/h4-9,17-19,37-39H,10-16H2,1-3H3,(H2,32,33,34,35,36). The van der Waals surface area contributed by atoms with E-state index in [1.54, 1.807) is 69.9 Å². The lowest BCUT2D eigenvalue weighted by molar-refractivity contribution is 0.200. The summed E-state index contributed by atoms with van der Waals surface area (Å²) >= 11 is 0. The van der Waals surface area contributed by atoms with Crippen LogP contribution in [0.2, 0.25) is 0 Å². The predicted octanol–water partition coefficient (Wildman–Crippen LogP) is 3.09. The van der Waals surface area contributed by atoms with E-state index in [0.29, 0.717) is 51.7 Å². The summed E-state index contributed by atoms with van der Waals surface area (Å²) in [5.74, 6) is 3.85. The molecule has 14 heteroatoms. The highest BCUT2D eigenvalue weighted by atomic mass is 16.5. The highest BCUT2D eigenvalue weighted by Gasteiger charge is 2.16. The molecule has 0 saturated carbocycles. The lowest BCUT2D eigenvalue weighted by Crippen LogP contribution is -2.11. The van der Waals surface area contributed by atoms with Gasteiger partial charge in [-0.25, -0.2) is 0 Å². The number of aliphatic hydroxyl groups is 3. The molecule has 0 saturated heterocycles. The van der Waals surface area contributed by atoms with Crippen molar-refractivity contribution in [2.75, 3.05) is 71.6 Å². The molecule has 45 heavy (non-hydrogen) atoms. The van der Waals surface area contributed by atoms with Crippen LogP contribution >= 0.6 is 0 Å². The lowest BCUT2D eigenvalue weighted by Gasteiger charge is -2.16. The molecule has 0 fully saturated rings. The Hall–Kier alpha value is -5.05. The number of hydrogen-bond acceptors (Lipinski definition) is 14. The Morgan fingerprint density at radius 3 is 1.42 bits per heavy atom. The molecule has 5 N–H and O–H groups in total. The second-order valence-electron chi connectivity index (χ2n) is 9.24. The summed E-state index contributed by atoms with van der Waals surface area (Å²) in [6.07, 6.45) is 0.240. The molecule has 0 bridgehead atoms. The summed E-state index contributed by atoms with van der Waals surface area (Å²) in [7, 11) is 4.65. The fraction of sp³-hybridized carbons (Fsp3) is 0.323. The van der Waals surface area contributed by atoms with Crippen LogP contribution in [0.25, 0.3) is 0 Å². The Kier molecular flexibility index (Phi) is 12.2. The summed E-state index contributed by atoms with van der Waals surface area (Å²) in [4.78, 5) is 13.9. The first kappa shape index (κ1) is 32.9. The van der Waals surface area contributed by atoms with Gasteiger partial charge in [0.1, 0.15) is 60.1 Å². The molecule has 0 radical (unpaired) electrons. The van der Waals surface area contributed by atoms with E-state index in [9.17, 15) is 15.3 Å². The van der Waals surface area contributed by atoms with Crippen LogP contribution in [0.5, 0.6) is 34.5 Å². The summed E-state index contributed by atoms with van der Waals surface area (Å²) in [5, 5.41) is 34.4. The molecule has 0 aliphatic carbocycles. The van der Waals surface area contributed by atoms with Gasteiger partial charge in [-0.3, -0.25) is 0 Å². The van der Waals surface area contributed by atoms with Crippen molar-refractivity contribution in [2.45, 2.75) is 6.42 Å².